The molecule has 4 heteroatoms. The Kier molecular flexibility index (Phi) is 4.66. The van der Waals surface area contributed by atoms with Crippen molar-refractivity contribution in [2.75, 3.05) is 12.5 Å². The van der Waals surface area contributed by atoms with Crippen LogP contribution in [0, 0.1) is 11.6 Å². The molecule has 0 atom stereocenters. The Morgan fingerprint density at radius 3 is 2.64 bits per heavy atom. The zero-order valence-electron chi connectivity index (χ0n) is 7.60. The second kappa shape index (κ2) is 5.81. The Bertz CT molecular complexity index is 291. The van der Waals surface area contributed by atoms with Crippen LogP contribution in [0.25, 0.3) is 0 Å². The molecular formula is C10H11ClF2O. The van der Waals surface area contributed by atoms with Gasteiger partial charge in [-0.25, -0.2) is 8.78 Å². The van der Waals surface area contributed by atoms with Crippen LogP contribution in [-0.4, -0.2) is 12.5 Å². The summed E-state index contributed by atoms with van der Waals surface area (Å²) in [6.07, 6.45) is 1.59. The van der Waals surface area contributed by atoms with Gasteiger partial charge in [-0.15, -0.1) is 11.6 Å². The van der Waals surface area contributed by atoms with Gasteiger partial charge in [0, 0.05) is 11.9 Å². The van der Waals surface area contributed by atoms with Gasteiger partial charge in [-0.2, -0.15) is 0 Å². The molecule has 0 saturated heterocycles. The number of ether oxygens (including phenoxy) is 1. The van der Waals surface area contributed by atoms with Gasteiger partial charge in [-0.1, -0.05) is 0 Å². The quantitative estimate of drug-likeness (QED) is 0.546. The van der Waals surface area contributed by atoms with Gasteiger partial charge in [0.15, 0.2) is 11.6 Å². The van der Waals surface area contributed by atoms with Crippen LogP contribution in [0.4, 0.5) is 8.78 Å². The summed E-state index contributed by atoms with van der Waals surface area (Å²) < 4.78 is 30.5. The Hall–Kier alpha value is -0.830. The monoisotopic (exact) mass is 220 g/mol. The van der Waals surface area contributed by atoms with Crippen LogP contribution in [0.5, 0.6) is 5.75 Å². The average Bonchev–Trinajstić information content (AvgIpc) is 2.15. The van der Waals surface area contributed by atoms with Gasteiger partial charge in [-0.3, -0.25) is 0 Å². The second-order valence-electron chi connectivity index (χ2n) is 2.82. The molecule has 0 radical (unpaired) electrons. The molecular weight excluding hydrogens is 210 g/mol. The maximum absolute atomic E-state index is 13.0. The van der Waals surface area contributed by atoms with Crippen molar-refractivity contribution in [2.45, 2.75) is 12.8 Å². The summed E-state index contributed by atoms with van der Waals surface area (Å²) in [5, 5.41) is 0. The predicted octanol–water partition coefficient (Wildman–Crippen LogP) is 3.36. The number of unbranched alkanes of at least 4 members (excludes halogenated alkanes) is 1. The van der Waals surface area contributed by atoms with Gasteiger partial charge in [0.2, 0.25) is 0 Å². The first-order valence-electron chi connectivity index (χ1n) is 4.38. The van der Waals surface area contributed by atoms with Gasteiger partial charge < -0.3 is 4.74 Å². The van der Waals surface area contributed by atoms with E-state index >= 15 is 0 Å². The highest BCUT2D eigenvalue weighted by Gasteiger charge is 2.03. The summed E-state index contributed by atoms with van der Waals surface area (Å²) in [5.41, 5.74) is 0. The predicted molar refractivity (Wildman–Crippen MR) is 51.8 cm³/mol. The average molecular weight is 221 g/mol. The molecule has 0 aromatic heterocycles. The number of halogens is 3. The van der Waals surface area contributed by atoms with E-state index in [4.69, 9.17) is 16.3 Å². The fourth-order valence-electron chi connectivity index (χ4n) is 0.971. The molecule has 0 aliphatic carbocycles. The largest absolute Gasteiger partial charge is 0.491 e. The van der Waals surface area contributed by atoms with Gasteiger partial charge in [0.25, 0.3) is 0 Å². The van der Waals surface area contributed by atoms with Crippen molar-refractivity contribution in [1.82, 2.24) is 0 Å². The van der Waals surface area contributed by atoms with E-state index in [0.29, 0.717) is 12.5 Å². The first kappa shape index (κ1) is 11.2. The second-order valence-corrected chi connectivity index (χ2v) is 3.20. The minimum absolute atomic E-state index is 0.0842. The highest BCUT2D eigenvalue weighted by molar-refractivity contribution is 6.17. The molecule has 0 unspecified atom stereocenters. The zero-order chi connectivity index (χ0) is 10.4. The van der Waals surface area contributed by atoms with Crippen LogP contribution < -0.4 is 4.74 Å². The maximum atomic E-state index is 13.0. The van der Waals surface area contributed by atoms with Crippen molar-refractivity contribution in [1.29, 1.82) is 0 Å². The fourth-order valence-corrected chi connectivity index (χ4v) is 1.16. The van der Waals surface area contributed by atoms with Gasteiger partial charge in [0.1, 0.15) is 5.82 Å². The fraction of sp³-hybridized carbons (Fsp3) is 0.400. The molecule has 0 heterocycles. The molecule has 0 N–H and O–H groups in total. The third kappa shape index (κ3) is 3.50. The van der Waals surface area contributed by atoms with E-state index < -0.39 is 11.6 Å². The summed E-state index contributed by atoms with van der Waals surface area (Å²) in [6.45, 7) is 0.398. The number of hydrogen-bond acceptors (Lipinski definition) is 1. The Labute approximate surface area is 86.6 Å². The van der Waals surface area contributed by atoms with E-state index in [1.165, 1.54) is 12.1 Å². The van der Waals surface area contributed by atoms with Crippen molar-refractivity contribution in [3.05, 3.63) is 29.8 Å². The van der Waals surface area contributed by atoms with E-state index in [-0.39, 0.29) is 5.75 Å². The van der Waals surface area contributed by atoms with Crippen molar-refractivity contribution in [3.8, 4) is 5.75 Å². The smallest absolute Gasteiger partial charge is 0.167 e. The molecule has 1 rings (SSSR count). The van der Waals surface area contributed by atoms with Crippen LogP contribution >= 0.6 is 11.6 Å². The molecule has 0 saturated carbocycles. The van der Waals surface area contributed by atoms with Crippen LogP contribution in [0.1, 0.15) is 12.8 Å². The molecule has 14 heavy (non-hydrogen) atoms. The summed E-state index contributed by atoms with van der Waals surface area (Å²) in [5.74, 6) is -0.623. The number of hydrogen-bond donors (Lipinski definition) is 0. The number of rotatable bonds is 5. The highest BCUT2D eigenvalue weighted by atomic mass is 35.5. The van der Waals surface area contributed by atoms with Gasteiger partial charge >= 0.3 is 0 Å². The molecule has 0 bridgehead atoms. The van der Waals surface area contributed by atoms with Gasteiger partial charge in [-0.05, 0) is 25.0 Å². The summed E-state index contributed by atoms with van der Waals surface area (Å²) >= 11 is 5.46. The van der Waals surface area contributed by atoms with E-state index in [9.17, 15) is 8.78 Å². The molecule has 1 nitrogen and oxygen atoms in total. The number of alkyl halides is 1. The molecule has 1 aromatic rings. The molecule has 78 valence electrons. The summed E-state index contributed by atoms with van der Waals surface area (Å²) in [6, 6.07) is 3.25. The highest BCUT2D eigenvalue weighted by Crippen LogP contribution is 2.17. The molecule has 1 aromatic carbocycles. The molecule has 0 spiro atoms. The first-order valence-corrected chi connectivity index (χ1v) is 4.91. The van der Waals surface area contributed by atoms with Crippen LogP contribution in [0.3, 0.4) is 0 Å². The SMILES string of the molecule is Fc1ccc(OCCCCCl)c(F)c1. The number of benzene rings is 1. The normalized spacial score (nSPS) is 10.2. The van der Waals surface area contributed by atoms with Crippen LogP contribution in [0.2, 0.25) is 0 Å². The molecule has 0 amide bonds. The van der Waals surface area contributed by atoms with Crippen molar-refractivity contribution in [3.63, 3.8) is 0 Å². The van der Waals surface area contributed by atoms with Gasteiger partial charge in [0.05, 0.1) is 6.61 Å². The lowest BCUT2D eigenvalue weighted by Gasteiger charge is -2.05. The Morgan fingerprint density at radius 2 is 2.00 bits per heavy atom. The first-order chi connectivity index (χ1) is 6.74. The molecule has 0 fully saturated rings. The lowest BCUT2D eigenvalue weighted by Crippen LogP contribution is -1.99. The third-order valence-electron chi connectivity index (χ3n) is 1.68. The Morgan fingerprint density at radius 1 is 1.21 bits per heavy atom. The van der Waals surface area contributed by atoms with E-state index in [1.54, 1.807) is 0 Å². The molecule has 0 aliphatic rings. The van der Waals surface area contributed by atoms with Crippen LogP contribution in [0.15, 0.2) is 18.2 Å². The topological polar surface area (TPSA) is 9.23 Å². The summed E-state index contributed by atoms with van der Waals surface area (Å²) in [7, 11) is 0. The minimum atomic E-state index is -0.670. The van der Waals surface area contributed by atoms with E-state index in [0.717, 1.165) is 18.9 Å². The van der Waals surface area contributed by atoms with E-state index in [1.807, 2.05) is 0 Å². The lowest BCUT2D eigenvalue weighted by atomic mass is 10.3. The van der Waals surface area contributed by atoms with E-state index in [2.05, 4.69) is 0 Å². The van der Waals surface area contributed by atoms with Crippen molar-refractivity contribution < 1.29 is 13.5 Å². The zero-order valence-corrected chi connectivity index (χ0v) is 8.36. The summed E-state index contributed by atoms with van der Waals surface area (Å²) in [4.78, 5) is 0. The minimum Gasteiger partial charge on any atom is -0.491 e. The van der Waals surface area contributed by atoms with Crippen molar-refractivity contribution >= 4 is 11.6 Å². The van der Waals surface area contributed by atoms with Crippen molar-refractivity contribution in [2.24, 2.45) is 0 Å². The Balaban J connectivity index is 2.42. The molecule has 0 aliphatic heterocycles. The lowest BCUT2D eigenvalue weighted by molar-refractivity contribution is 0.293. The third-order valence-corrected chi connectivity index (χ3v) is 1.95. The standard InChI is InChI=1S/C10H11ClF2O/c11-5-1-2-6-14-10-4-3-8(12)7-9(10)13/h3-4,7H,1-2,5-6H2. The van der Waals surface area contributed by atoms with Crippen LogP contribution in [-0.2, 0) is 0 Å². The maximum Gasteiger partial charge on any atom is 0.167 e.